The summed E-state index contributed by atoms with van der Waals surface area (Å²) >= 11 is 0. The second-order valence-corrected chi connectivity index (χ2v) is 6.19. The highest BCUT2D eigenvalue weighted by molar-refractivity contribution is 5.75. The van der Waals surface area contributed by atoms with Gasteiger partial charge in [0.25, 0.3) is 0 Å². The van der Waals surface area contributed by atoms with Crippen LogP contribution in [-0.4, -0.2) is 59.3 Å². The van der Waals surface area contributed by atoms with Crippen LogP contribution in [0.5, 0.6) is 0 Å². The van der Waals surface area contributed by atoms with Crippen molar-refractivity contribution in [2.75, 3.05) is 25.0 Å². The molecule has 0 aliphatic carbocycles. The van der Waals surface area contributed by atoms with E-state index in [0.29, 0.717) is 13.1 Å². The highest BCUT2D eigenvalue weighted by Crippen LogP contribution is 2.22. The number of hydrogen-bond donors (Lipinski definition) is 2. The van der Waals surface area contributed by atoms with E-state index in [1.807, 2.05) is 38.8 Å². The van der Waals surface area contributed by atoms with E-state index < -0.39 is 12.1 Å². The number of carboxylic acid groups (broad SMARTS) is 1. The van der Waals surface area contributed by atoms with Gasteiger partial charge in [0.1, 0.15) is 5.82 Å². The van der Waals surface area contributed by atoms with Crippen molar-refractivity contribution >= 4 is 17.8 Å². The molecule has 146 valence electrons. The van der Waals surface area contributed by atoms with Gasteiger partial charge in [-0.25, -0.2) is 14.6 Å². The molecule has 0 aromatic carbocycles. The van der Waals surface area contributed by atoms with Crippen LogP contribution in [0, 0.1) is 6.92 Å². The zero-order valence-corrected chi connectivity index (χ0v) is 15.1. The lowest BCUT2D eigenvalue weighted by atomic mass is 10.2. The van der Waals surface area contributed by atoms with Crippen molar-refractivity contribution in [2.24, 2.45) is 0 Å². The Morgan fingerprint density at radius 2 is 1.85 bits per heavy atom. The Morgan fingerprint density at radius 1 is 1.27 bits per heavy atom. The lowest BCUT2D eigenvalue weighted by Crippen LogP contribution is -2.44. The molecule has 2 N–H and O–H groups in total. The number of aliphatic carboxylic acids is 1. The smallest absolute Gasteiger partial charge is 0.475 e. The molecule has 26 heavy (non-hydrogen) atoms. The fourth-order valence-corrected chi connectivity index (χ4v) is 2.20. The van der Waals surface area contributed by atoms with Gasteiger partial charge in [0.2, 0.25) is 0 Å². The molecule has 7 nitrogen and oxygen atoms in total. The minimum absolute atomic E-state index is 0.00294. The molecular weight excluding hydrogens is 353 g/mol. The Labute approximate surface area is 149 Å². The van der Waals surface area contributed by atoms with Crippen molar-refractivity contribution in [1.29, 1.82) is 0 Å². The van der Waals surface area contributed by atoms with Gasteiger partial charge < -0.3 is 20.2 Å². The molecular formula is C16H23F3N4O3. The van der Waals surface area contributed by atoms with Crippen LogP contribution in [0.15, 0.2) is 12.1 Å². The van der Waals surface area contributed by atoms with Gasteiger partial charge in [-0.2, -0.15) is 13.2 Å². The van der Waals surface area contributed by atoms with Crippen LogP contribution in [0.4, 0.5) is 23.8 Å². The molecule has 2 rings (SSSR count). The Kier molecular flexibility index (Phi) is 7.22. The predicted molar refractivity (Wildman–Crippen MR) is 90.0 cm³/mol. The van der Waals surface area contributed by atoms with Gasteiger partial charge in [0.15, 0.2) is 0 Å². The number of urea groups is 1. The summed E-state index contributed by atoms with van der Waals surface area (Å²) in [6.45, 7) is 8.06. The molecule has 0 saturated heterocycles. The number of rotatable bonds is 1. The highest BCUT2D eigenvalue weighted by atomic mass is 19.4. The third-order valence-corrected chi connectivity index (χ3v) is 3.47. The van der Waals surface area contributed by atoms with Crippen LogP contribution in [0.3, 0.4) is 0 Å². The van der Waals surface area contributed by atoms with Crippen molar-refractivity contribution in [3.63, 3.8) is 0 Å². The Bertz CT molecular complexity index is 650. The van der Waals surface area contributed by atoms with Crippen molar-refractivity contribution in [2.45, 2.75) is 39.5 Å². The molecule has 1 aliphatic rings. The first kappa shape index (κ1) is 21.5. The normalized spacial score (nSPS) is 14.2. The number of carbonyl (C=O) groups excluding carboxylic acids is 1. The second kappa shape index (κ2) is 8.72. The molecule has 0 unspecified atom stereocenters. The number of aryl methyl sites for hydroxylation is 1. The summed E-state index contributed by atoms with van der Waals surface area (Å²) in [6, 6.07) is 4.21. The van der Waals surface area contributed by atoms with Crippen LogP contribution in [-0.2, 0) is 11.3 Å². The van der Waals surface area contributed by atoms with Gasteiger partial charge in [-0.1, -0.05) is 6.07 Å². The molecule has 1 aliphatic heterocycles. The van der Waals surface area contributed by atoms with Crippen molar-refractivity contribution in [3.8, 4) is 0 Å². The monoisotopic (exact) mass is 376 g/mol. The largest absolute Gasteiger partial charge is 0.490 e. The standard InChI is InChI=1S/C14H22N4O.C2HF3O2/c1-10(2)15-14(19)18-8-7-17(4)13-12(9-18)6-5-11(3)16-13;3-2(4,5)1(6)7/h5-6,10H,7-9H2,1-4H3,(H,15,19);(H,6,7). The number of hydrogen-bond acceptors (Lipinski definition) is 4. The molecule has 0 atom stereocenters. The molecule has 2 amide bonds. The van der Waals surface area contributed by atoms with Crippen molar-refractivity contribution < 1.29 is 27.9 Å². The van der Waals surface area contributed by atoms with Crippen LogP contribution in [0.2, 0.25) is 0 Å². The zero-order valence-electron chi connectivity index (χ0n) is 15.1. The summed E-state index contributed by atoms with van der Waals surface area (Å²) in [5.41, 5.74) is 2.11. The van der Waals surface area contributed by atoms with Crippen LogP contribution in [0.25, 0.3) is 0 Å². The van der Waals surface area contributed by atoms with Gasteiger partial charge in [-0.3, -0.25) is 0 Å². The van der Waals surface area contributed by atoms with Gasteiger partial charge >= 0.3 is 18.2 Å². The molecule has 2 heterocycles. The van der Waals surface area contributed by atoms with Gasteiger partial charge in [-0.05, 0) is 26.8 Å². The van der Waals surface area contributed by atoms with Gasteiger partial charge in [-0.15, -0.1) is 0 Å². The Morgan fingerprint density at radius 3 is 2.35 bits per heavy atom. The van der Waals surface area contributed by atoms with E-state index in [-0.39, 0.29) is 12.1 Å². The van der Waals surface area contributed by atoms with E-state index in [1.165, 1.54) is 0 Å². The van der Waals surface area contributed by atoms with Gasteiger partial charge in [0.05, 0.1) is 6.54 Å². The number of nitrogens with one attached hydrogen (secondary N) is 1. The number of carboxylic acids is 1. The summed E-state index contributed by atoms with van der Waals surface area (Å²) in [7, 11) is 2.02. The maximum atomic E-state index is 12.1. The molecule has 1 aromatic heterocycles. The van der Waals surface area contributed by atoms with Gasteiger partial charge in [0, 0.05) is 37.4 Å². The number of aromatic nitrogens is 1. The van der Waals surface area contributed by atoms with E-state index in [9.17, 15) is 18.0 Å². The Hall–Kier alpha value is -2.52. The maximum absolute atomic E-state index is 12.1. The minimum atomic E-state index is -5.08. The first-order valence-electron chi connectivity index (χ1n) is 7.95. The SMILES string of the molecule is Cc1ccc2c(n1)N(C)CCN(C(=O)NC(C)C)C2.O=C(O)C(F)(F)F. The number of likely N-dealkylation sites (N-methyl/N-ethyl adjacent to an activating group) is 1. The Balaban J connectivity index is 0.000000412. The number of nitrogens with zero attached hydrogens (tertiary/aromatic N) is 3. The molecule has 0 saturated carbocycles. The van der Waals surface area contributed by atoms with Crippen molar-refractivity contribution in [3.05, 3.63) is 23.4 Å². The summed E-state index contributed by atoms with van der Waals surface area (Å²) in [4.78, 5) is 29.6. The minimum Gasteiger partial charge on any atom is -0.475 e. The lowest BCUT2D eigenvalue weighted by Gasteiger charge is -2.22. The fourth-order valence-electron chi connectivity index (χ4n) is 2.20. The second-order valence-electron chi connectivity index (χ2n) is 6.19. The summed E-state index contributed by atoms with van der Waals surface area (Å²) < 4.78 is 31.7. The van der Waals surface area contributed by atoms with Crippen LogP contribution < -0.4 is 10.2 Å². The molecule has 0 bridgehead atoms. The number of alkyl halides is 3. The van der Waals surface area contributed by atoms with E-state index in [1.54, 1.807) is 0 Å². The molecule has 0 radical (unpaired) electrons. The maximum Gasteiger partial charge on any atom is 0.490 e. The zero-order chi connectivity index (χ0) is 20.1. The summed E-state index contributed by atoms with van der Waals surface area (Å²) in [5, 5.41) is 10.1. The topological polar surface area (TPSA) is 85.8 Å². The number of halogens is 3. The first-order valence-corrected chi connectivity index (χ1v) is 7.95. The molecule has 0 spiro atoms. The van der Waals surface area contributed by atoms with E-state index in [2.05, 4.69) is 21.3 Å². The van der Waals surface area contributed by atoms with Crippen molar-refractivity contribution in [1.82, 2.24) is 15.2 Å². The molecule has 0 fully saturated rings. The highest BCUT2D eigenvalue weighted by Gasteiger charge is 2.38. The van der Waals surface area contributed by atoms with E-state index in [0.717, 1.165) is 23.6 Å². The molecule has 1 aromatic rings. The number of anilines is 1. The van der Waals surface area contributed by atoms with E-state index in [4.69, 9.17) is 9.90 Å². The quantitative estimate of drug-likeness (QED) is 0.786. The third kappa shape index (κ3) is 6.41. The fraction of sp³-hybridized carbons (Fsp3) is 0.562. The predicted octanol–water partition coefficient (Wildman–Crippen LogP) is 2.39. The third-order valence-electron chi connectivity index (χ3n) is 3.47. The first-order chi connectivity index (χ1) is 11.9. The number of amides is 2. The lowest BCUT2D eigenvalue weighted by molar-refractivity contribution is -0.192. The average Bonchev–Trinajstić information content (AvgIpc) is 2.66. The average molecular weight is 376 g/mol. The summed E-state index contributed by atoms with van der Waals surface area (Å²) in [6.07, 6.45) is -5.08. The summed E-state index contributed by atoms with van der Waals surface area (Å²) in [5.74, 6) is -1.77. The number of fused-ring (bicyclic) bond motifs is 1. The van der Waals surface area contributed by atoms with Crippen LogP contribution in [0.1, 0.15) is 25.1 Å². The molecule has 10 heteroatoms. The number of pyridine rings is 1. The van der Waals surface area contributed by atoms with E-state index >= 15 is 0 Å². The number of carbonyl (C=O) groups is 2. The van der Waals surface area contributed by atoms with Crippen LogP contribution >= 0.6 is 0 Å².